The van der Waals surface area contributed by atoms with E-state index in [0.717, 1.165) is 19.4 Å². The Labute approximate surface area is 154 Å². The van der Waals surface area contributed by atoms with Crippen molar-refractivity contribution >= 4 is 11.8 Å². The zero-order valence-electron chi connectivity index (χ0n) is 15.5. The van der Waals surface area contributed by atoms with Crippen LogP contribution >= 0.6 is 0 Å². The Kier molecular flexibility index (Phi) is 5.61. The number of likely N-dealkylation sites (tertiary alicyclic amines) is 1. The predicted octanol–water partition coefficient (Wildman–Crippen LogP) is 2.39. The summed E-state index contributed by atoms with van der Waals surface area (Å²) in [5.41, 5.74) is -0.571. The van der Waals surface area contributed by atoms with Crippen LogP contribution in [0.25, 0.3) is 0 Å². The Morgan fingerprint density at radius 1 is 1.27 bits per heavy atom. The summed E-state index contributed by atoms with van der Waals surface area (Å²) in [6, 6.07) is 6.42. The highest BCUT2D eigenvalue weighted by atomic mass is 19.1. The average molecular weight is 362 g/mol. The number of halogens is 1. The molecule has 0 N–H and O–H groups in total. The van der Waals surface area contributed by atoms with Gasteiger partial charge < -0.3 is 14.5 Å². The Bertz CT molecular complexity index is 679. The van der Waals surface area contributed by atoms with Gasteiger partial charge in [-0.3, -0.25) is 9.59 Å². The second-order valence-electron chi connectivity index (χ2n) is 7.48. The van der Waals surface area contributed by atoms with E-state index >= 15 is 0 Å². The van der Waals surface area contributed by atoms with Gasteiger partial charge in [0.25, 0.3) is 5.91 Å². The highest BCUT2D eigenvalue weighted by molar-refractivity contribution is 5.88. The Morgan fingerprint density at radius 3 is 2.77 bits per heavy atom. The standard InChI is InChI=1S/C20H27FN2O3/c1-15(2)23-10-6-5-9-20(19(23)25)14-22(11-12-26-20)18(24)13-16-7-3-4-8-17(16)21/h3-4,7-8,15H,5-6,9-14H2,1-2H3. The summed E-state index contributed by atoms with van der Waals surface area (Å²) >= 11 is 0. The Hall–Kier alpha value is -1.95. The van der Waals surface area contributed by atoms with Gasteiger partial charge in [0.2, 0.25) is 5.91 Å². The molecule has 0 radical (unpaired) electrons. The van der Waals surface area contributed by atoms with Gasteiger partial charge in [0.1, 0.15) is 5.82 Å². The highest BCUT2D eigenvalue weighted by Crippen LogP contribution is 2.31. The first-order valence-electron chi connectivity index (χ1n) is 9.39. The molecule has 5 nitrogen and oxygen atoms in total. The van der Waals surface area contributed by atoms with Crippen LogP contribution in [0.5, 0.6) is 0 Å². The van der Waals surface area contributed by atoms with Crippen molar-refractivity contribution in [2.45, 2.75) is 51.2 Å². The van der Waals surface area contributed by atoms with Crippen LogP contribution in [0.1, 0.15) is 38.7 Å². The van der Waals surface area contributed by atoms with Gasteiger partial charge in [-0.15, -0.1) is 0 Å². The smallest absolute Gasteiger partial charge is 0.256 e. The molecule has 1 spiro atoms. The van der Waals surface area contributed by atoms with Crippen molar-refractivity contribution in [3.63, 3.8) is 0 Å². The molecule has 2 aliphatic rings. The van der Waals surface area contributed by atoms with Crippen LogP contribution in [-0.4, -0.2) is 59.5 Å². The first-order valence-corrected chi connectivity index (χ1v) is 9.39. The Balaban J connectivity index is 1.76. The fourth-order valence-corrected chi connectivity index (χ4v) is 3.85. The van der Waals surface area contributed by atoms with Gasteiger partial charge >= 0.3 is 0 Å². The summed E-state index contributed by atoms with van der Waals surface area (Å²) in [6.45, 7) is 5.75. The lowest BCUT2D eigenvalue weighted by molar-refractivity contribution is -0.175. The number of rotatable bonds is 3. The molecule has 6 heteroatoms. The van der Waals surface area contributed by atoms with Gasteiger partial charge in [-0.1, -0.05) is 18.2 Å². The van der Waals surface area contributed by atoms with Crippen LogP contribution in [0.15, 0.2) is 24.3 Å². The molecule has 2 aliphatic heterocycles. The molecule has 0 bridgehead atoms. The van der Waals surface area contributed by atoms with Crippen LogP contribution in [-0.2, 0) is 20.7 Å². The zero-order valence-corrected chi connectivity index (χ0v) is 15.5. The molecule has 2 saturated heterocycles. The number of carbonyl (C=O) groups excluding carboxylic acids is 2. The molecule has 2 fully saturated rings. The normalized spacial score (nSPS) is 24.2. The van der Waals surface area contributed by atoms with Crippen LogP contribution in [0, 0.1) is 5.82 Å². The van der Waals surface area contributed by atoms with E-state index in [1.807, 2.05) is 18.7 Å². The van der Waals surface area contributed by atoms with E-state index in [9.17, 15) is 14.0 Å². The molecule has 1 aromatic carbocycles. The number of benzene rings is 1. The van der Waals surface area contributed by atoms with Crippen molar-refractivity contribution in [1.82, 2.24) is 9.80 Å². The summed E-state index contributed by atoms with van der Waals surface area (Å²) in [6.07, 6.45) is 2.46. The first kappa shape index (κ1) is 18.8. The molecule has 2 amide bonds. The maximum Gasteiger partial charge on any atom is 0.256 e. The molecule has 0 aliphatic carbocycles. The number of hydrogen-bond acceptors (Lipinski definition) is 3. The van der Waals surface area contributed by atoms with Crippen molar-refractivity contribution in [2.75, 3.05) is 26.2 Å². The molecule has 142 valence electrons. The zero-order chi connectivity index (χ0) is 18.7. The first-order chi connectivity index (χ1) is 12.4. The van der Waals surface area contributed by atoms with Gasteiger partial charge in [-0.25, -0.2) is 4.39 Å². The maximum atomic E-state index is 13.9. The van der Waals surface area contributed by atoms with Crippen molar-refractivity contribution in [3.8, 4) is 0 Å². The summed E-state index contributed by atoms with van der Waals surface area (Å²) in [5.74, 6) is -0.556. The molecule has 1 aromatic rings. The lowest BCUT2D eigenvalue weighted by Gasteiger charge is -2.43. The van der Waals surface area contributed by atoms with Crippen molar-refractivity contribution in [1.29, 1.82) is 0 Å². The van der Waals surface area contributed by atoms with Gasteiger partial charge in [-0.05, 0) is 44.7 Å². The largest absolute Gasteiger partial charge is 0.361 e. The minimum atomic E-state index is -0.954. The third-order valence-corrected chi connectivity index (χ3v) is 5.34. The second kappa shape index (κ2) is 7.74. The molecule has 3 rings (SSSR count). The molecule has 0 aromatic heterocycles. The van der Waals surface area contributed by atoms with Gasteiger partial charge in [0.05, 0.1) is 19.6 Å². The van der Waals surface area contributed by atoms with Crippen LogP contribution in [0.2, 0.25) is 0 Å². The predicted molar refractivity (Wildman–Crippen MR) is 96.1 cm³/mol. The van der Waals surface area contributed by atoms with Gasteiger partial charge in [0.15, 0.2) is 5.60 Å². The molecule has 26 heavy (non-hydrogen) atoms. The third kappa shape index (κ3) is 3.75. The number of morpholine rings is 1. The van der Waals surface area contributed by atoms with Crippen molar-refractivity contribution in [3.05, 3.63) is 35.6 Å². The topological polar surface area (TPSA) is 49.9 Å². The molecule has 1 atom stereocenters. The summed E-state index contributed by atoms with van der Waals surface area (Å²) in [7, 11) is 0. The molecular weight excluding hydrogens is 335 g/mol. The van der Waals surface area contributed by atoms with Crippen LogP contribution in [0.3, 0.4) is 0 Å². The number of hydrogen-bond donors (Lipinski definition) is 0. The van der Waals surface area contributed by atoms with Crippen molar-refractivity contribution < 1.29 is 18.7 Å². The van der Waals surface area contributed by atoms with E-state index < -0.39 is 5.60 Å². The highest BCUT2D eigenvalue weighted by Gasteiger charge is 2.48. The molecular formula is C20H27FN2O3. The maximum absolute atomic E-state index is 13.9. The minimum absolute atomic E-state index is 0.00480. The fourth-order valence-electron chi connectivity index (χ4n) is 3.85. The fraction of sp³-hybridized carbons (Fsp3) is 0.600. The second-order valence-corrected chi connectivity index (χ2v) is 7.48. The summed E-state index contributed by atoms with van der Waals surface area (Å²) < 4.78 is 19.8. The average Bonchev–Trinajstić information content (AvgIpc) is 2.77. The van der Waals surface area contributed by atoms with Crippen LogP contribution < -0.4 is 0 Å². The quantitative estimate of drug-likeness (QED) is 0.830. The number of amides is 2. The third-order valence-electron chi connectivity index (χ3n) is 5.34. The number of carbonyl (C=O) groups is 2. The molecule has 1 unspecified atom stereocenters. The van der Waals surface area contributed by atoms with E-state index in [1.54, 1.807) is 23.1 Å². The van der Waals surface area contributed by atoms with E-state index in [-0.39, 0.29) is 36.6 Å². The molecule has 0 saturated carbocycles. The van der Waals surface area contributed by atoms with E-state index in [1.165, 1.54) is 6.07 Å². The number of nitrogens with zero attached hydrogens (tertiary/aromatic N) is 2. The van der Waals surface area contributed by atoms with Gasteiger partial charge in [-0.2, -0.15) is 0 Å². The van der Waals surface area contributed by atoms with E-state index in [2.05, 4.69) is 0 Å². The van der Waals surface area contributed by atoms with Crippen molar-refractivity contribution in [2.24, 2.45) is 0 Å². The summed E-state index contributed by atoms with van der Waals surface area (Å²) in [5, 5.41) is 0. The van der Waals surface area contributed by atoms with E-state index in [4.69, 9.17) is 4.74 Å². The Morgan fingerprint density at radius 2 is 2.04 bits per heavy atom. The monoisotopic (exact) mass is 362 g/mol. The summed E-state index contributed by atoms with van der Waals surface area (Å²) in [4.78, 5) is 29.4. The van der Waals surface area contributed by atoms with Gasteiger partial charge in [0, 0.05) is 19.1 Å². The molecule has 2 heterocycles. The lowest BCUT2D eigenvalue weighted by atomic mass is 9.93. The lowest BCUT2D eigenvalue weighted by Crippen LogP contribution is -2.61. The minimum Gasteiger partial charge on any atom is -0.361 e. The number of ether oxygens (including phenoxy) is 1. The van der Waals surface area contributed by atoms with E-state index in [0.29, 0.717) is 25.1 Å². The SMILES string of the molecule is CC(C)N1CCCCC2(CN(C(=O)Cc3ccccc3F)CCO2)C1=O. The van der Waals surface area contributed by atoms with Crippen LogP contribution in [0.4, 0.5) is 4.39 Å².